The summed E-state index contributed by atoms with van der Waals surface area (Å²) in [6.07, 6.45) is 2.55. The third-order valence-electron chi connectivity index (χ3n) is 5.79. The zero-order valence-electron chi connectivity index (χ0n) is 21.5. The number of anilines is 2. The average Bonchev–Trinajstić information content (AvgIpc) is 3.26. The normalized spacial score (nSPS) is 11.2. The van der Waals surface area contributed by atoms with Gasteiger partial charge in [0.15, 0.2) is 0 Å². The highest BCUT2D eigenvalue weighted by Gasteiger charge is 2.23. The predicted molar refractivity (Wildman–Crippen MR) is 142 cm³/mol. The van der Waals surface area contributed by atoms with Crippen molar-refractivity contribution in [3.05, 3.63) is 71.9 Å². The first-order chi connectivity index (χ1) is 16.7. The Morgan fingerprint density at radius 3 is 2.31 bits per heavy atom. The molecule has 0 saturated heterocycles. The largest absolute Gasteiger partial charge is 0.322 e. The Bertz CT molecular complexity index is 1130. The fourth-order valence-corrected chi connectivity index (χ4v) is 3.70. The van der Waals surface area contributed by atoms with Gasteiger partial charge in [0.1, 0.15) is 12.4 Å². The topological polar surface area (TPSA) is 79.3 Å². The number of unbranched alkanes of at least 4 members (excludes halogenated alkanes) is 1. The Hall–Kier alpha value is -3.61. The minimum atomic E-state index is -0.276. The summed E-state index contributed by atoms with van der Waals surface area (Å²) in [4.78, 5) is 27.8. The van der Waals surface area contributed by atoms with E-state index >= 15 is 0 Å². The van der Waals surface area contributed by atoms with Gasteiger partial charge in [-0.15, -0.1) is 0 Å². The van der Waals surface area contributed by atoms with Gasteiger partial charge in [0.2, 0.25) is 5.91 Å². The quantitative estimate of drug-likeness (QED) is 0.398. The summed E-state index contributed by atoms with van der Waals surface area (Å²) < 4.78 is 1.74. The maximum Gasteiger partial charge on any atom is 0.322 e. The summed E-state index contributed by atoms with van der Waals surface area (Å²) in [5.74, 6) is 0.316. The second-order valence-corrected chi connectivity index (χ2v) is 9.68. The molecule has 1 aromatic heterocycles. The van der Waals surface area contributed by atoms with Gasteiger partial charge in [-0.05, 0) is 36.6 Å². The number of aromatic nitrogens is 2. The van der Waals surface area contributed by atoms with E-state index in [-0.39, 0.29) is 23.9 Å². The van der Waals surface area contributed by atoms with Crippen molar-refractivity contribution in [1.29, 1.82) is 0 Å². The highest BCUT2D eigenvalue weighted by atomic mass is 16.2. The van der Waals surface area contributed by atoms with E-state index in [9.17, 15) is 9.59 Å². The Kier molecular flexibility index (Phi) is 8.68. The number of aryl methyl sites for hydroxylation is 1. The van der Waals surface area contributed by atoms with Gasteiger partial charge in [0.25, 0.3) is 0 Å². The number of amides is 3. The molecule has 7 nitrogen and oxygen atoms in total. The molecule has 3 amide bonds. The number of rotatable bonds is 9. The van der Waals surface area contributed by atoms with Crippen molar-refractivity contribution in [2.75, 3.05) is 23.7 Å². The molecule has 186 valence electrons. The summed E-state index contributed by atoms with van der Waals surface area (Å²) in [7, 11) is 0. The Morgan fingerprint density at radius 1 is 0.971 bits per heavy atom. The molecule has 3 aromatic rings. The molecule has 0 atom stereocenters. The number of nitrogens with zero attached hydrogens (tertiary/aromatic N) is 3. The molecule has 2 aromatic carbocycles. The molecule has 0 radical (unpaired) electrons. The zero-order valence-corrected chi connectivity index (χ0v) is 21.5. The van der Waals surface area contributed by atoms with Crippen LogP contribution >= 0.6 is 0 Å². The van der Waals surface area contributed by atoms with Crippen LogP contribution in [0.5, 0.6) is 0 Å². The third-order valence-corrected chi connectivity index (χ3v) is 5.79. The van der Waals surface area contributed by atoms with Crippen LogP contribution in [0.1, 0.15) is 58.7 Å². The van der Waals surface area contributed by atoms with Gasteiger partial charge < -0.3 is 15.5 Å². The standard InChI is InChI=1S/C28H37N5O2/c1-6-8-18-32(27(35)29-23-17-13-12-14-21(23)7-2)20-26(34)30-25-19-24(28(3,4)5)31-33(25)22-15-10-9-11-16-22/h9-17,19H,6-8,18,20H2,1-5H3,(H,29,35)(H,30,34). The van der Waals surface area contributed by atoms with Crippen molar-refractivity contribution in [3.63, 3.8) is 0 Å². The first kappa shape index (κ1) is 26.0. The molecule has 0 aliphatic carbocycles. The van der Waals surface area contributed by atoms with Crippen molar-refractivity contribution in [3.8, 4) is 5.69 Å². The van der Waals surface area contributed by atoms with Gasteiger partial charge in [-0.3, -0.25) is 4.79 Å². The summed E-state index contributed by atoms with van der Waals surface area (Å²) in [5, 5.41) is 10.7. The van der Waals surface area contributed by atoms with Crippen LogP contribution < -0.4 is 10.6 Å². The van der Waals surface area contributed by atoms with Crippen LogP contribution in [0.3, 0.4) is 0 Å². The monoisotopic (exact) mass is 475 g/mol. The molecular weight excluding hydrogens is 438 g/mol. The maximum absolute atomic E-state index is 13.1. The molecular formula is C28H37N5O2. The molecule has 0 spiro atoms. The van der Waals surface area contributed by atoms with E-state index in [1.165, 1.54) is 0 Å². The Balaban J connectivity index is 1.79. The zero-order chi connectivity index (χ0) is 25.4. The summed E-state index contributed by atoms with van der Waals surface area (Å²) in [6.45, 7) is 10.8. The number of carbonyl (C=O) groups excluding carboxylic acids is 2. The first-order valence-corrected chi connectivity index (χ1v) is 12.3. The molecule has 35 heavy (non-hydrogen) atoms. The fraction of sp³-hybridized carbons (Fsp3) is 0.393. The van der Waals surface area contributed by atoms with Crippen molar-refractivity contribution in [2.45, 2.75) is 59.3 Å². The fourth-order valence-electron chi connectivity index (χ4n) is 3.70. The lowest BCUT2D eigenvalue weighted by atomic mass is 9.92. The lowest BCUT2D eigenvalue weighted by Crippen LogP contribution is -2.41. The van der Waals surface area contributed by atoms with Crippen molar-refractivity contribution >= 4 is 23.4 Å². The summed E-state index contributed by atoms with van der Waals surface area (Å²) in [5.41, 5.74) is 3.38. The number of hydrogen-bond acceptors (Lipinski definition) is 3. The van der Waals surface area contributed by atoms with Crippen LogP contribution in [0.25, 0.3) is 5.69 Å². The van der Waals surface area contributed by atoms with Crippen LogP contribution in [-0.4, -0.2) is 39.7 Å². The summed E-state index contributed by atoms with van der Waals surface area (Å²) >= 11 is 0. The Labute approximate surface area is 208 Å². The van der Waals surface area contributed by atoms with Crippen LogP contribution in [0.15, 0.2) is 60.7 Å². The number of para-hydroxylation sites is 2. The molecule has 0 aliphatic rings. The van der Waals surface area contributed by atoms with Crippen LogP contribution in [0, 0.1) is 0 Å². The number of carbonyl (C=O) groups is 2. The van der Waals surface area contributed by atoms with Gasteiger partial charge in [0.05, 0.1) is 11.4 Å². The second kappa shape index (κ2) is 11.7. The van der Waals surface area contributed by atoms with Gasteiger partial charge in [-0.25, -0.2) is 9.48 Å². The van der Waals surface area contributed by atoms with Gasteiger partial charge in [-0.2, -0.15) is 5.10 Å². The van der Waals surface area contributed by atoms with Crippen LogP contribution in [-0.2, 0) is 16.6 Å². The van der Waals surface area contributed by atoms with Crippen LogP contribution in [0.4, 0.5) is 16.3 Å². The molecule has 1 heterocycles. The van der Waals surface area contributed by atoms with Crippen molar-refractivity contribution in [1.82, 2.24) is 14.7 Å². The molecule has 3 rings (SSSR count). The van der Waals surface area contributed by atoms with E-state index < -0.39 is 0 Å². The molecule has 0 bridgehead atoms. The van der Waals surface area contributed by atoms with Crippen LogP contribution in [0.2, 0.25) is 0 Å². The molecule has 2 N–H and O–H groups in total. The summed E-state index contributed by atoms with van der Waals surface area (Å²) in [6, 6.07) is 19.1. The van der Waals surface area contributed by atoms with Gasteiger partial charge in [0, 0.05) is 23.7 Å². The lowest BCUT2D eigenvalue weighted by molar-refractivity contribution is -0.116. The van der Waals surface area contributed by atoms with E-state index in [0.717, 1.165) is 41.9 Å². The predicted octanol–water partition coefficient (Wildman–Crippen LogP) is 6.00. The molecule has 0 fully saturated rings. The maximum atomic E-state index is 13.1. The average molecular weight is 476 g/mol. The molecule has 7 heteroatoms. The Morgan fingerprint density at radius 2 is 1.66 bits per heavy atom. The van der Waals surface area contributed by atoms with Gasteiger partial charge >= 0.3 is 6.03 Å². The highest BCUT2D eigenvalue weighted by Crippen LogP contribution is 2.26. The first-order valence-electron chi connectivity index (χ1n) is 12.3. The van der Waals surface area contributed by atoms with Gasteiger partial charge in [-0.1, -0.05) is 77.4 Å². The molecule has 0 unspecified atom stereocenters. The minimum Gasteiger partial charge on any atom is -0.315 e. The number of nitrogens with one attached hydrogen (secondary N) is 2. The number of urea groups is 1. The van der Waals surface area contributed by atoms with E-state index in [1.54, 1.807) is 9.58 Å². The van der Waals surface area contributed by atoms with E-state index in [4.69, 9.17) is 5.10 Å². The van der Waals surface area contributed by atoms with Crippen molar-refractivity contribution in [2.24, 2.45) is 0 Å². The van der Waals surface area contributed by atoms with E-state index in [2.05, 4.69) is 45.3 Å². The smallest absolute Gasteiger partial charge is 0.315 e. The molecule has 0 saturated carbocycles. The third kappa shape index (κ3) is 6.94. The van der Waals surface area contributed by atoms with E-state index in [0.29, 0.717) is 12.4 Å². The number of benzene rings is 2. The number of hydrogen-bond donors (Lipinski definition) is 2. The lowest BCUT2D eigenvalue weighted by Gasteiger charge is -2.23. The second-order valence-electron chi connectivity index (χ2n) is 9.68. The highest BCUT2D eigenvalue weighted by molar-refractivity contribution is 5.97. The molecule has 0 aliphatic heterocycles. The van der Waals surface area contributed by atoms with Crippen molar-refractivity contribution < 1.29 is 9.59 Å². The SMILES string of the molecule is CCCCN(CC(=O)Nc1cc(C(C)(C)C)nn1-c1ccccc1)C(=O)Nc1ccccc1CC. The minimum absolute atomic E-state index is 0.0506. The van der Waals surface area contributed by atoms with E-state index in [1.807, 2.05) is 60.7 Å².